The highest BCUT2D eigenvalue weighted by atomic mass is 16.5. The maximum atomic E-state index is 12.4. The monoisotopic (exact) mass is 358 g/mol. The van der Waals surface area contributed by atoms with E-state index in [2.05, 4.69) is 15.5 Å². The molecule has 2 aromatic carbocycles. The van der Waals surface area contributed by atoms with Crippen LogP contribution in [0.1, 0.15) is 29.2 Å². The summed E-state index contributed by atoms with van der Waals surface area (Å²) in [6.45, 7) is 1.91. The third-order valence-electron chi connectivity index (χ3n) is 4.30. The van der Waals surface area contributed by atoms with Gasteiger partial charge < -0.3 is 14.4 Å². The molecule has 134 valence electrons. The predicted molar refractivity (Wildman–Crippen MR) is 101 cm³/mol. The van der Waals surface area contributed by atoms with Gasteiger partial charge in [-0.25, -0.2) is 0 Å². The highest BCUT2D eigenvalue weighted by molar-refractivity contribution is 5.90. The van der Waals surface area contributed by atoms with Crippen molar-refractivity contribution in [2.75, 3.05) is 0 Å². The van der Waals surface area contributed by atoms with Crippen molar-refractivity contribution in [3.05, 3.63) is 90.6 Å². The Labute approximate surface area is 156 Å². The first-order chi connectivity index (χ1) is 13.2. The number of benzene rings is 2. The van der Waals surface area contributed by atoms with Gasteiger partial charge in [-0.05, 0) is 48.9 Å². The normalized spacial score (nSPS) is 11.9. The quantitative estimate of drug-likeness (QED) is 0.585. The molecule has 0 spiro atoms. The highest BCUT2D eigenvalue weighted by Gasteiger charge is 2.18. The summed E-state index contributed by atoms with van der Waals surface area (Å²) in [4.78, 5) is 16.6. The third kappa shape index (κ3) is 3.64. The first-order valence-corrected chi connectivity index (χ1v) is 8.64. The average Bonchev–Trinajstić information content (AvgIpc) is 3.41. The van der Waals surface area contributed by atoms with E-state index in [0.29, 0.717) is 5.82 Å². The molecule has 1 N–H and O–H groups in total. The number of nitrogens with one attached hydrogen (secondary N) is 1. The summed E-state index contributed by atoms with van der Waals surface area (Å²) in [6.07, 6.45) is 3.94. The zero-order valence-corrected chi connectivity index (χ0v) is 14.7. The number of carbonyl (C=O) groups excluding carboxylic acids is 1. The van der Waals surface area contributed by atoms with E-state index < -0.39 is 5.91 Å². The molecule has 4 aromatic rings. The maximum Gasteiger partial charge on any atom is 0.316 e. The van der Waals surface area contributed by atoms with E-state index in [0.717, 1.165) is 16.8 Å². The number of nitrogens with zero attached hydrogens (tertiary/aromatic N) is 3. The molecular weight excluding hydrogens is 340 g/mol. The van der Waals surface area contributed by atoms with Crippen molar-refractivity contribution in [1.29, 1.82) is 0 Å². The standard InChI is InChI=1S/C21H18N4O2/c1-15(16-7-3-2-4-8-16)22-20(26)21-23-19(24-27-21)17-9-11-18(12-10-17)25-13-5-6-14-25/h2-15H,1H3,(H,22,26)/t15-/m0/s1. The number of amides is 1. The van der Waals surface area contributed by atoms with Gasteiger partial charge in [-0.2, -0.15) is 4.98 Å². The molecule has 6 heteroatoms. The lowest BCUT2D eigenvalue weighted by Gasteiger charge is -2.12. The van der Waals surface area contributed by atoms with Crippen LogP contribution in [0.5, 0.6) is 0 Å². The molecule has 0 saturated heterocycles. The molecule has 27 heavy (non-hydrogen) atoms. The van der Waals surface area contributed by atoms with Crippen LogP contribution in [0.4, 0.5) is 0 Å². The molecule has 0 saturated carbocycles. The van der Waals surface area contributed by atoms with Gasteiger partial charge in [0.1, 0.15) is 0 Å². The minimum Gasteiger partial charge on any atom is -0.341 e. The molecule has 0 bridgehead atoms. The van der Waals surface area contributed by atoms with Gasteiger partial charge in [-0.3, -0.25) is 4.79 Å². The summed E-state index contributed by atoms with van der Waals surface area (Å²) >= 11 is 0. The van der Waals surface area contributed by atoms with Crippen molar-refractivity contribution in [1.82, 2.24) is 20.0 Å². The first kappa shape index (κ1) is 16.8. The molecule has 4 rings (SSSR count). The van der Waals surface area contributed by atoms with Crippen molar-refractivity contribution in [3.63, 3.8) is 0 Å². The smallest absolute Gasteiger partial charge is 0.316 e. The molecule has 0 fully saturated rings. The molecule has 0 radical (unpaired) electrons. The zero-order valence-electron chi connectivity index (χ0n) is 14.7. The van der Waals surface area contributed by atoms with Crippen LogP contribution in [0.3, 0.4) is 0 Å². The Morgan fingerprint density at radius 1 is 1.00 bits per heavy atom. The summed E-state index contributed by atoms with van der Waals surface area (Å²) in [5, 5.41) is 6.79. The van der Waals surface area contributed by atoms with Gasteiger partial charge in [0.25, 0.3) is 0 Å². The molecule has 2 aromatic heterocycles. The molecule has 0 unspecified atom stereocenters. The van der Waals surface area contributed by atoms with Crippen molar-refractivity contribution in [2.24, 2.45) is 0 Å². The van der Waals surface area contributed by atoms with Crippen LogP contribution >= 0.6 is 0 Å². The Morgan fingerprint density at radius 3 is 2.41 bits per heavy atom. The van der Waals surface area contributed by atoms with Crippen molar-refractivity contribution in [3.8, 4) is 17.1 Å². The number of hydrogen-bond acceptors (Lipinski definition) is 4. The minimum absolute atomic E-state index is 0.0535. The van der Waals surface area contributed by atoms with Crippen LogP contribution in [0.15, 0.2) is 83.6 Å². The Morgan fingerprint density at radius 2 is 1.70 bits per heavy atom. The molecule has 1 amide bonds. The van der Waals surface area contributed by atoms with Gasteiger partial charge in [0.15, 0.2) is 0 Å². The van der Waals surface area contributed by atoms with Gasteiger partial charge in [0, 0.05) is 23.6 Å². The summed E-state index contributed by atoms with van der Waals surface area (Å²) in [6, 6.07) is 21.2. The SMILES string of the molecule is C[C@H](NC(=O)c1nc(-c2ccc(-n3cccc3)cc2)no1)c1ccccc1. The van der Waals surface area contributed by atoms with Crippen LogP contribution in [0.25, 0.3) is 17.1 Å². The number of rotatable bonds is 5. The molecule has 0 aliphatic heterocycles. The Balaban J connectivity index is 1.47. The largest absolute Gasteiger partial charge is 0.341 e. The second kappa shape index (κ2) is 7.29. The van der Waals surface area contributed by atoms with Crippen LogP contribution in [-0.4, -0.2) is 20.6 Å². The summed E-state index contributed by atoms with van der Waals surface area (Å²) < 4.78 is 7.15. The lowest BCUT2D eigenvalue weighted by molar-refractivity contribution is 0.0895. The molecule has 0 aliphatic carbocycles. The van der Waals surface area contributed by atoms with E-state index in [9.17, 15) is 4.79 Å². The fourth-order valence-electron chi connectivity index (χ4n) is 2.81. The fourth-order valence-corrected chi connectivity index (χ4v) is 2.81. The van der Waals surface area contributed by atoms with Gasteiger partial charge in [0.05, 0.1) is 6.04 Å². The Bertz CT molecular complexity index is 1020. The second-order valence-electron chi connectivity index (χ2n) is 6.17. The van der Waals surface area contributed by atoms with Crippen molar-refractivity contribution < 1.29 is 9.32 Å². The maximum absolute atomic E-state index is 12.4. The van der Waals surface area contributed by atoms with E-state index >= 15 is 0 Å². The van der Waals surface area contributed by atoms with Crippen LogP contribution < -0.4 is 5.32 Å². The van der Waals surface area contributed by atoms with Crippen LogP contribution in [-0.2, 0) is 0 Å². The zero-order chi connectivity index (χ0) is 18.6. The number of hydrogen-bond donors (Lipinski definition) is 1. The third-order valence-corrected chi connectivity index (χ3v) is 4.30. The Kier molecular flexibility index (Phi) is 4.53. The molecule has 6 nitrogen and oxygen atoms in total. The molecule has 1 atom stereocenters. The van der Waals surface area contributed by atoms with Crippen molar-refractivity contribution in [2.45, 2.75) is 13.0 Å². The van der Waals surface area contributed by atoms with E-state index in [1.54, 1.807) is 0 Å². The first-order valence-electron chi connectivity index (χ1n) is 8.64. The molecule has 0 aliphatic rings. The fraction of sp³-hybridized carbons (Fsp3) is 0.0952. The van der Waals surface area contributed by atoms with E-state index in [1.807, 2.05) is 90.6 Å². The molecular formula is C21H18N4O2. The lowest BCUT2D eigenvalue weighted by Crippen LogP contribution is -2.26. The van der Waals surface area contributed by atoms with E-state index in [-0.39, 0.29) is 11.9 Å². The summed E-state index contributed by atoms with van der Waals surface area (Å²) in [7, 11) is 0. The number of carbonyl (C=O) groups is 1. The van der Waals surface area contributed by atoms with Gasteiger partial charge in [-0.1, -0.05) is 35.5 Å². The van der Waals surface area contributed by atoms with Crippen LogP contribution in [0, 0.1) is 0 Å². The topological polar surface area (TPSA) is 73.0 Å². The van der Waals surface area contributed by atoms with Gasteiger partial charge >= 0.3 is 11.8 Å². The summed E-state index contributed by atoms with van der Waals surface area (Å²) in [5.41, 5.74) is 2.82. The van der Waals surface area contributed by atoms with E-state index in [4.69, 9.17) is 4.52 Å². The van der Waals surface area contributed by atoms with E-state index in [1.165, 1.54) is 0 Å². The predicted octanol–water partition coefficient (Wildman–Crippen LogP) is 4.02. The Hall–Kier alpha value is -3.67. The average molecular weight is 358 g/mol. The minimum atomic E-state index is -0.394. The second-order valence-corrected chi connectivity index (χ2v) is 6.17. The lowest BCUT2D eigenvalue weighted by atomic mass is 10.1. The molecule has 2 heterocycles. The van der Waals surface area contributed by atoms with Gasteiger partial charge in [-0.15, -0.1) is 0 Å². The summed E-state index contributed by atoms with van der Waals surface area (Å²) in [5.74, 6) is -0.0668. The van der Waals surface area contributed by atoms with Gasteiger partial charge in [0.2, 0.25) is 5.82 Å². The van der Waals surface area contributed by atoms with Crippen LogP contribution in [0.2, 0.25) is 0 Å². The highest BCUT2D eigenvalue weighted by Crippen LogP contribution is 2.19. The van der Waals surface area contributed by atoms with Crippen molar-refractivity contribution >= 4 is 5.91 Å². The number of aromatic nitrogens is 3.